The molecule has 0 bridgehead atoms. The van der Waals surface area contributed by atoms with Crippen molar-refractivity contribution in [1.29, 1.82) is 0 Å². The predicted octanol–water partition coefficient (Wildman–Crippen LogP) is 0.178. The first-order chi connectivity index (χ1) is 11.0. The smallest absolute Gasteiger partial charge is 0.230 e. The van der Waals surface area contributed by atoms with Crippen molar-refractivity contribution >= 4 is 38.8 Å². The molecule has 23 heavy (non-hydrogen) atoms. The minimum absolute atomic E-state index is 0.0273. The van der Waals surface area contributed by atoms with Crippen molar-refractivity contribution in [3.8, 4) is 0 Å². The lowest BCUT2D eigenvalue weighted by atomic mass is 10.3. The summed E-state index contributed by atoms with van der Waals surface area (Å²) < 4.78 is 24.4. The van der Waals surface area contributed by atoms with E-state index >= 15 is 0 Å². The average Bonchev–Trinajstić information content (AvgIpc) is 3.20. The molecular weight excluding hydrogens is 358 g/mol. The Balaban J connectivity index is 1.51. The van der Waals surface area contributed by atoms with Gasteiger partial charge < -0.3 is 5.32 Å². The fraction of sp³-hybridized carbons (Fsp3) is 0.500. The van der Waals surface area contributed by atoms with Gasteiger partial charge in [-0.2, -0.15) is 0 Å². The number of hydrogen-bond donors (Lipinski definition) is 1. The zero-order valence-electron chi connectivity index (χ0n) is 12.1. The summed E-state index contributed by atoms with van der Waals surface area (Å²) in [5.41, 5.74) is 0. The highest BCUT2D eigenvalue weighted by Crippen LogP contribution is 2.17. The largest absolute Gasteiger partial charge is 0.352 e. The quantitative estimate of drug-likeness (QED) is 0.720. The molecule has 1 fully saturated rings. The Kier molecular flexibility index (Phi) is 4.97. The molecule has 1 amide bonds. The zero-order chi connectivity index (χ0) is 16.3. The third-order valence-electron chi connectivity index (χ3n) is 3.31. The van der Waals surface area contributed by atoms with Gasteiger partial charge in [0.05, 0.1) is 23.8 Å². The minimum atomic E-state index is -2.99. The number of aromatic nitrogens is 4. The summed E-state index contributed by atoms with van der Waals surface area (Å²) in [6.07, 6.45) is 0.481. The lowest BCUT2D eigenvalue weighted by molar-refractivity contribution is -0.119. The summed E-state index contributed by atoms with van der Waals surface area (Å²) >= 11 is 2.85. The third kappa shape index (κ3) is 4.52. The number of tetrazole rings is 1. The van der Waals surface area contributed by atoms with Gasteiger partial charge in [0.15, 0.2) is 9.84 Å². The van der Waals surface area contributed by atoms with Crippen LogP contribution < -0.4 is 5.32 Å². The van der Waals surface area contributed by atoms with Gasteiger partial charge in [0.25, 0.3) is 0 Å². The molecule has 2 aromatic heterocycles. The highest BCUT2D eigenvalue weighted by Gasteiger charge is 2.28. The van der Waals surface area contributed by atoms with Crippen molar-refractivity contribution in [2.45, 2.75) is 24.2 Å². The number of rotatable bonds is 6. The number of sulfone groups is 1. The highest BCUT2D eigenvalue weighted by atomic mass is 32.2. The van der Waals surface area contributed by atoms with Gasteiger partial charge >= 0.3 is 0 Å². The van der Waals surface area contributed by atoms with Crippen LogP contribution in [0.1, 0.15) is 11.3 Å². The predicted molar refractivity (Wildman–Crippen MR) is 87.2 cm³/mol. The van der Waals surface area contributed by atoms with E-state index in [1.54, 1.807) is 16.0 Å². The number of thiophene rings is 1. The van der Waals surface area contributed by atoms with Gasteiger partial charge in [-0.3, -0.25) is 4.79 Å². The molecule has 1 atom stereocenters. The SMILES string of the molecule is O=C(CSc1nnnn1Cc1cccs1)N[C@H]1CCS(=O)(=O)C1. The molecular formula is C12H15N5O3S3. The summed E-state index contributed by atoms with van der Waals surface area (Å²) in [6.45, 7) is 0.565. The van der Waals surface area contributed by atoms with E-state index in [1.165, 1.54) is 11.8 Å². The maximum Gasteiger partial charge on any atom is 0.230 e. The third-order valence-corrected chi connectivity index (χ3v) is 6.90. The van der Waals surface area contributed by atoms with E-state index in [9.17, 15) is 13.2 Å². The van der Waals surface area contributed by atoms with Crippen LogP contribution in [0, 0.1) is 0 Å². The second kappa shape index (κ2) is 6.97. The van der Waals surface area contributed by atoms with Crippen molar-refractivity contribution in [1.82, 2.24) is 25.5 Å². The summed E-state index contributed by atoms with van der Waals surface area (Å²) in [5.74, 6) is 0.119. The highest BCUT2D eigenvalue weighted by molar-refractivity contribution is 7.99. The van der Waals surface area contributed by atoms with Crippen molar-refractivity contribution in [3.63, 3.8) is 0 Å². The molecule has 1 N–H and O–H groups in total. The Bertz CT molecular complexity index is 772. The van der Waals surface area contributed by atoms with Crippen LogP contribution in [0.4, 0.5) is 0 Å². The first-order valence-electron chi connectivity index (χ1n) is 6.93. The maximum absolute atomic E-state index is 11.9. The fourth-order valence-corrected chi connectivity index (χ4v) is 5.30. The van der Waals surface area contributed by atoms with Gasteiger partial charge in [-0.1, -0.05) is 17.8 Å². The molecule has 0 radical (unpaired) electrons. The van der Waals surface area contributed by atoms with Crippen LogP contribution in [0.15, 0.2) is 22.7 Å². The van der Waals surface area contributed by atoms with Crippen LogP contribution in [0.3, 0.4) is 0 Å². The first-order valence-corrected chi connectivity index (χ1v) is 10.6. The molecule has 3 rings (SSSR count). The van der Waals surface area contributed by atoms with Crippen LogP contribution in [-0.2, 0) is 21.2 Å². The van der Waals surface area contributed by atoms with E-state index in [1.807, 2.05) is 17.5 Å². The van der Waals surface area contributed by atoms with Crippen molar-refractivity contribution in [2.24, 2.45) is 0 Å². The molecule has 1 saturated heterocycles. The van der Waals surface area contributed by atoms with E-state index in [2.05, 4.69) is 20.8 Å². The van der Waals surface area contributed by atoms with Crippen LogP contribution in [-0.4, -0.2) is 57.8 Å². The molecule has 1 aliphatic heterocycles. The number of thioether (sulfide) groups is 1. The van der Waals surface area contributed by atoms with Gasteiger partial charge in [-0.25, -0.2) is 13.1 Å². The summed E-state index contributed by atoms with van der Waals surface area (Å²) in [4.78, 5) is 13.1. The molecule has 0 spiro atoms. The lowest BCUT2D eigenvalue weighted by Gasteiger charge is -2.10. The van der Waals surface area contributed by atoms with Crippen LogP contribution in [0.5, 0.6) is 0 Å². The van der Waals surface area contributed by atoms with Gasteiger partial charge in [0.2, 0.25) is 11.1 Å². The molecule has 0 saturated carbocycles. The second-order valence-electron chi connectivity index (χ2n) is 5.15. The van der Waals surface area contributed by atoms with Crippen LogP contribution in [0.2, 0.25) is 0 Å². The lowest BCUT2D eigenvalue weighted by Crippen LogP contribution is -2.36. The van der Waals surface area contributed by atoms with E-state index < -0.39 is 9.84 Å². The summed E-state index contributed by atoms with van der Waals surface area (Å²) in [7, 11) is -2.99. The van der Waals surface area contributed by atoms with Crippen LogP contribution in [0.25, 0.3) is 0 Å². The Morgan fingerprint density at radius 1 is 1.52 bits per heavy atom. The Morgan fingerprint density at radius 2 is 2.39 bits per heavy atom. The topological polar surface area (TPSA) is 107 Å². The standard InChI is InChI=1S/C12H15N5O3S3/c18-11(13-9-3-5-23(19,20)8-9)7-22-12-14-15-16-17(12)6-10-2-1-4-21-10/h1-2,4,9H,3,5-8H2,(H,13,18)/t9-/m0/s1. The van der Waals surface area contributed by atoms with Crippen molar-refractivity contribution in [2.75, 3.05) is 17.3 Å². The average molecular weight is 373 g/mol. The fourth-order valence-electron chi connectivity index (χ4n) is 2.26. The number of hydrogen-bond acceptors (Lipinski definition) is 8. The van der Waals surface area contributed by atoms with E-state index in [0.717, 1.165) is 4.88 Å². The van der Waals surface area contributed by atoms with Crippen molar-refractivity contribution < 1.29 is 13.2 Å². The number of amides is 1. The number of nitrogens with zero attached hydrogens (tertiary/aromatic N) is 4. The van der Waals surface area contributed by atoms with Gasteiger partial charge in [-0.05, 0) is 28.3 Å². The zero-order valence-corrected chi connectivity index (χ0v) is 14.5. The Morgan fingerprint density at radius 3 is 3.09 bits per heavy atom. The van der Waals surface area contributed by atoms with E-state index in [4.69, 9.17) is 0 Å². The van der Waals surface area contributed by atoms with Gasteiger partial charge in [-0.15, -0.1) is 16.4 Å². The molecule has 11 heteroatoms. The first kappa shape index (κ1) is 16.4. The number of nitrogens with one attached hydrogen (secondary N) is 1. The monoisotopic (exact) mass is 373 g/mol. The normalized spacial score (nSPS) is 19.7. The Labute approximate surface area is 141 Å². The molecule has 1 aliphatic rings. The van der Waals surface area contributed by atoms with Crippen molar-refractivity contribution in [3.05, 3.63) is 22.4 Å². The maximum atomic E-state index is 11.9. The van der Waals surface area contributed by atoms with Gasteiger partial charge in [0.1, 0.15) is 0 Å². The molecule has 124 valence electrons. The number of carbonyl (C=O) groups is 1. The number of carbonyl (C=O) groups excluding carboxylic acids is 1. The second-order valence-corrected chi connectivity index (χ2v) is 9.36. The van der Waals surface area contributed by atoms with E-state index in [-0.39, 0.29) is 29.2 Å². The van der Waals surface area contributed by atoms with Gasteiger partial charge in [0, 0.05) is 10.9 Å². The summed E-state index contributed by atoms with van der Waals surface area (Å²) in [6, 6.07) is 3.67. The van der Waals surface area contributed by atoms with Crippen LogP contribution >= 0.6 is 23.1 Å². The minimum Gasteiger partial charge on any atom is -0.352 e. The molecule has 8 nitrogen and oxygen atoms in total. The molecule has 3 heterocycles. The molecule has 0 aromatic carbocycles. The Hall–Kier alpha value is -1.46. The molecule has 0 unspecified atom stereocenters. The molecule has 0 aliphatic carbocycles. The van der Waals surface area contributed by atoms with E-state index in [0.29, 0.717) is 18.1 Å². The molecule has 2 aromatic rings. The summed E-state index contributed by atoms with van der Waals surface area (Å²) in [5, 5.41) is 16.8.